The standard InChI is InChI=1S/C26H31N5OS/c32-26(30-14-15-33-18-30)23-16-21(17-27-23)29-12-10-19(11-13-29)25-28-22-8-4-5-9-24(22)31(25)20-6-2-1-3-7-20/h1-9,19,21,23,27H,10-18H2/t21-,23-/m0/s1. The molecule has 4 heterocycles. The van der Waals surface area contributed by atoms with Crippen molar-refractivity contribution in [3.8, 4) is 5.69 Å². The number of carbonyl (C=O) groups excluding carboxylic acids is 1. The SMILES string of the molecule is O=C([C@@H]1C[C@H](N2CCC(c3nc4ccccc4n3-c3ccccc3)CC2)CN1)N1CCSC1. The van der Waals surface area contributed by atoms with E-state index in [1.54, 1.807) is 0 Å². The molecule has 1 aromatic heterocycles. The highest BCUT2D eigenvalue weighted by atomic mass is 32.2. The molecule has 1 amide bonds. The first-order valence-electron chi connectivity index (χ1n) is 12.1. The summed E-state index contributed by atoms with van der Waals surface area (Å²) in [6, 6.07) is 19.5. The second kappa shape index (κ2) is 9.12. The topological polar surface area (TPSA) is 53.4 Å². The molecule has 2 atom stereocenters. The second-order valence-electron chi connectivity index (χ2n) is 9.43. The summed E-state index contributed by atoms with van der Waals surface area (Å²) in [5.41, 5.74) is 3.44. The molecule has 6 rings (SSSR count). The van der Waals surface area contributed by atoms with E-state index in [9.17, 15) is 4.79 Å². The molecule has 6 nitrogen and oxygen atoms in total. The van der Waals surface area contributed by atoms with Crippen molar-refractivity contribution in [1.82, 2.24) is 24.7 Å². The zero-order chi connectivity index (χ0) is 22.2. The van der Waals surface area contributed by atoms with Crippen LogP contribution in [0.25, 0.3) is 16.7 Å². The van der Waals surface area contributed by atoms with Gasteiger partial charge >= 0.3 is 0 Å². The molecule has 3 aromatic rings. The summed E-state index contributed by atoms with van der Waals surface area (Å²) in [6.07, 6.45) is 3.15. The second-order valence-corrected chi connectivity index (χ2v) is 10.5. The minimum atomic E-state index is -0.00583. The lowest BCUT2D eigenvalue weighted by Gasteiger charge is -2.35. The number of likely N-dealkylation sites (tertiary alicyclic amines) is 1. The molecule has 0 radical (unpaired) electrons. The van der Waals surface area contributed by atoms with E-state index < -0.39 is 0 Å². The van der Waals surface area contributed by atoms with Gasteiger partial charge in [-0.25, -0.2) is 4.98 Å². The van der Waals surface area contributed by atoms with Gasteiger partial charge in [-0.1, -0.05) is 30.3 Å². The van der Waals surface area contributed by atoms with Gasteiger partial charge in [-0.2, -0.15) is 0 Å². The normalized spacial score (nSPS) is 24.7. The Bertz CT molecular complexity index is 1120. The third-order valence-corrected chi connectivity index (χ3v) is 8.45. The van der Waals surface area contributed by atoms with Crippen LogP contribution < -0.4 is 5.32 Å². The molecule has 0 aliphatic carbocycles. The molecule has 172 valence electrons. The number of hydrogen-bond acceptors (Lipinski definition) is 5. The molecule has 7 heteroatoms. The number of rotatable bonds is 4. The van der Waals surface area contributed by atoms with Gasteiger partial charge in [-0.15, -0.1) is 11.8 Å². The van der Waals surface area contributed by atoms with Crippen molar-refractivity contribution in [2.24, 2.45) is 0 Å². The highest BCUT2D eigenvalue weighted by molar-refractivity contribution is 7.99. The van der Waals surface area contributed by atoms with Crippen LogP contribution in [0.15, 0.2) is 54.6 Å². The van der Waals surface area contributed by atoms with Crippen LogP contribution in [0.5, 0.6) is 0 Å². The highest BCUT2D eigenvalue weighted by Crippen LogP contribution is 2.34. The van der Waals surface area contributed by atoms with Gasteiger partial charge in [0.25, 0.3) is 0 Å². The number of imidazole rings is 1. The van der Waals surface area contributed by atoms with Crippen LogP contribution in [0, 0.1) is 0 Å². The number of amides is 1. The van der Waals surface area contributed by atoms with Crippen LogP contribution in [0.3, 0.4) is 0 Å². The number of hydrogen-bond donors (Lipinski definition) is 1. The molecule has 33 heavy (non-hydrogen) atoms. The molecule has 1 N–H and O–H groups in total. The van der Waals surface area contributed by atoms with Gasteiger partial charge in [0.2, 0.25) is 5.91 Å². The van der Waals surface area contributed by atoms with Gasteiger partial charge in [0.1, 0.15) is 5.82 Å². The summed E-state index contributed by atoms with van der Waals surface area (Å²) in [5, 5.41) is 3.51. The van der Waals surface area contributed by atoms with Crippen molar-refractivity contribution in [3.05, 3.63) is 60.4 Å². The van der Waals surface area contributed by atoms with Gasteiger partial charge in [-0.3, -0.25) is 14.3 Å². The molecule has 3 fully saturated rings. The molecule has 0 saturated carbocycles. The number of piperidine rings is 1. The fourth-order valence-corrected chi connectivity index (χ4v) is 6.64. The Morgan fingerprint density at radius 1 is 1.00 bits per heavy atom. The maximum absolute atomic E-state index is 12.8. The van der Waals surface area contributed by atoms with Gasteiger partial charge in [-0.05, 0) is 56.6 Å². The van der Waals surface area contributed by atoms with Gasteiger partial charge in [0.15, 0.2) is 0 Å². The maximum Gasteiger partial charge on any atom is 0.240 e. The number of para-hydroxylation sites is 3. The fourth-order valence-electron chi connectivity index (χ4n) is 5.68. The molecular formula is C26H31N5OS. The van der Waals surface area contributed by atoms with E-state index in [2.05, 4.69) is 69.4 Å². The Morgan fingerprint density at radius 2 is 1.79 bits per heavy atom. The van der Waals surface area contributed by atoms with E-state index in [1.807, 2.05) is 16.7 Å². The fraction of sp³-hybridized carbons (Fsp3) is 0.462. The average molecular weight is 462 g/mol. The summed E-state index contributed by atoms with van der Waals surface area (Å²) in [5.74, 6) is 3.86. The molecule has 0 spiro atoms. The summed E-state index contributed by atoms with van der Waals surface area (Å²) in [4.78, 5) is 22.5. The number of nitrogens with zero attached hydrogens (tertiary/aromatic N) is 4. The first-order valence-corrected chi connectivity index (χ1v) is 13.3. The van der Waals surface area contributed by atoms with E-state index in [0.717, 1.165) is 62.6 Å². The van der Waals surface area contributed by atoms with Crippen LogP contribution in [0.2, 0.25) is 0 Å². The molecular weight excluding hydrogens is 430 g/mol. The zero-order valence-electron chi connectivity index (χ0n) is 18.9. The Labute approximate surface area is 199 Å². The number of aromatic nitrogens is 2. The Balaban J connectivity index is 1.16. The molecule has 3 aliphatic rings. The first-order chi connectivity index (χ1) is 16.3. The van der Waals surface area contributed by atoms with Crippen LogP contribution in [0.4, 0.5) is 0 Å². The van der Waals surface area contributed by atoms with E-state index in [-0.39, 0.29) is 6.04 Å². The van der Waals surface area contributed by atoms with Crippen LogP contribution in [0.1, 0.15) is 31.0 Å². The largest absolute Gasteiger partial charge is 0.331 e. The average Bonchev–Trinajstić information content (AvgIpc) is 3.64. The van der Waals surface area contributed by atoms with E-state index in [1.165, 1.54) is 17.0 Å². The zero-order valence-corrected chi connectivity index (χ0v) is 19.7. The van der Waals surface area contributed by atoms with Crippen LogP contribution in [-0.2, 0) is 4.79 Å². The summed E-state index contributed by atoms with van der Waals surface area (Å²) in [6.45, 7) is 3.95. The van der Waals surface area contributed by atoms with Crippen LogP contribution >= 0.6 is 11.8 Å². The predicted octanol–water partition coefficient (Wildman–Crippen LogP) is 3.47. The van der Waals surface area contributed by atoms with Crippen molar-refractivity contribution in [2.75, 3.05) is 37.8 Å². The molecule has 3 saturated heterocycles. The van der Waals surface area contributed by atoms with Crippen LogP contribution in [-0.4, -0.2) is 75.2 Å². The van der Waals surface area contributed by atoms with Crippen molar-refractivity contribution >= 4 is 28.7 Å². The minimum absolute atomic E-state index is 0.00583. The minimum Gasteiger partial charge on any atom is -0.331 e. The summed E-state index contributed by atoms with van der Waals surface area (Å²) >= 11 is 1.86. The Morgan fingerprint density at radius 3 is 2.58 bits per heavy atom. The summed E-state index contributed by atoms with van der Waals surface area (Å²) < 4.78 is 2.36. The quantitative estimate of drug-likeness (QED) is 0.645. The third-order valence-electron chi connectivity index (χ3n) is 7.48. The number of thioether (sulfide) groups is 1. The lowest BCUT2D eigenvalue weighted by molar-refractivity contribution is -0.131. The molecule has 2 aromatic carbocycles. The molecule has 0 bridgehead atoms. The van der Waals surface area contributed by atoms with Crippen molar-refractivity contribution in [3.63, 3.8) is 0 Å². The monoisotopic (exact) mass is 461 g/mol. The lowest BCUT2D eigenvalue weighted by Crippen LogP contribution is -2.42. The maximum atomic E-state index is 12.8. The third kappa shape index (κ3) is 4.07. The first kappa shape index (κ1) is 21.2. The van der Waals surface area contributed by atoms with Gasteiger partial charge in [0, 0.05) is 36.5 Å². The number of fused-ring (bicyclic) bond motifs is 1. The summed E-state index contributed by atoms with van der Waals surface area (Å²) in [7, 11) is 0. The smallest absolute Gasteiger partial charge is 0.240 e. The number of carbonyl (C=O) groups is 1. The molecule has 0 unspecified atom stereocenters. The predicted molar refractivity (Wildman–Crippen MR) is 134 cm³/mol. The van der Waals surface area contributed by atoms with Crippen molar-refractivity contribution in [2.45, 2.75) is 37.3 Å². The number of nitrogens with one attached hydrogen (secondary N) is 1. The Kier molecular flexibility index (Phi) is 5.86. The van der Waals surface area contributed by atoms with Gasteiger partial charge in [0.05, 0.1) is 23.0 Å². The van der Waals surface area contributed by atoms with Crippen molar-refractivity contribution in [1.29, 1.82) is 0 Å². The number of benzene rings is 2. The van der Waals surface area contributed by atoms with E-state index in [0.29, 0.717) is 17.9 Å². The molecule has 3 aliphatic heterocycles. The lowest BCUT2D eigenvalue weighted by atomic mass is 9.94. The highest BCUT2D eigenvalue weighted by Gasteiger charge is 2.37. The van der Waals surface area contributed by atoms with E-state index in [4.69, 9.17) is 4.98 Å². The van der Waals surface area contributed by atoms with Gasteiger partial charge < -0.3 is 10.2 Å². The Hall–Kier alpha value is -2.35. The van der Waals surface area contributed by atoms with Crippen molar-refractivity contribution < 1.29 is 4.79 Å². The van der Waals surface area contributed by atoms with E-state index >= 15 is 0 Å².